The lowest BCUT2D eigenvalue weighted by Crippen LogP contribution is -2.52. The molecular weight excluding hydrogens is 284 g/mol. The van der Waals surface area contributed by atoms with Crippen LogP contribution in [0.3, 0.4) is 0 Å². The Morgan fingerprint density at radius 3 is 3.29 bits per heavy atom. The van der Waals surface area contributed by atoms with Crippen LogP contribution in [0.15, 0.2) is 29.9 Å². The van der Waals surface area contributed by atoms with Crippen molar-refractivity contribution in [2.45, 2.75) is 12.6 Å². The van der Waals surface area contributed by atoms with Crippen LogP contribution < -0.4 is 5.32 Å². The minimum absolute atomic E-state index is 0.425. The lowest BCUT2D eigenvalue weighted by molar-refractivity contribution is 0.0687. The molecule has 1 fully saturated rings. The van der Waals surface area contributed by atoms with Crippen molar-refractivity contribution in [3.8, 4) is 11.3 Å². The van der Waals surface area contributed by atoms with Gasteiger partial charge in [0.1, 0.15) is 5.01 Å². The molecule has 5 nitrogen and oxygen atoms in total. The van der Waals surface area contributed by atoms with Crippen molar-refractivity contribution >= 4 is 11.3 Å². The first-order valence-electron chi connectivity index (χ1n) is 7.15. The van der Waals surface area contributed by atoms with Gasteiger partial charge in [-0.25, -0.2) is 4.98 Å². The minimum atomic E-state index is 0.425. The predicted molar refractivity (Wildman–Crippen MR) is 84.3 cm³/mol. The number of hydrogen-bond donors (Lipinski definition) is 1. The molecule has 0 aliphatic carbocycles. The minimum Gasteiger partial charge on any atom is -0.383 e. The third-order valence-electron chi connectivity index (χ3n) is 3.68. The van der Waals surface area contributed by atoms with Gasteiger partial charge in [-0.15, -0.1) is 11.3 Å². The smallest absolute Gasteiger partial charge is 0.107 e. The van der Waals surface area contributed by atoms with Crippen LogP contribution in [0.4, 0.5) is 0 Å². The van der Waals surface area contributed by atoms with Gasteiger partial charge in [-0.05, 0) is 12.1 Å². The summed E-state index contributed by atoms with van der Waals surface area (Å²) in [6.07, 6.45) is 3.64. The van der Waals surface area contributed by atoms with Crippen LogP contribution in [0, 0.1) is 0 Å². The number of nitrogens with one attached hydrogen (secondary N) is 1. The average Bonchev–Trinajstić information content (AvgIpc) is 2.99. The maximum Gasteiger partial charge on any atom is 0.107 e. The first-order valence-corrected chi connectivity index (χ1v) is 8.03. The summed E-state index contributed by atoms with van der Waals surface area (Å²) >= 11 is 1.72. The summed E-state index contributed by atoms with van der Waals surface area (Å²) in [7, 11) is 1.76. The summed E-state index contributed by atoms with van der Waals surface area (Å²) in [5, 5.41) is 6.68. The molecule has 1 aliphatic heterocycles. The molecule has 1 unspecified atom stereocenters. The van der Waals surface area contributed by atoms with E-state index < -0.39 is 0 Å². The molecule has 0 saturated carbocycles. The van der Waals surface area contributed by atoms with Crippen molar-refractivity contribution in [2.24, 2.45) is 0 Å². The fourth-order valence-corrected chi connectivity index (χ4v) is 3.40. The quantitative estimate of drug-likeness (QED) is 0.910. The molecule has 0 amide bonds. The molecule has 112 valence electrons. The summed E-state index contributed by atoms with van der Waals surface area (Å²) in [5.41, 5.74) is 2.09. The van der Waals surface area contributed by atoms with Crippen molar-refractivity contribution in [3.63, 3.8) is 0 Å². The van der Waals surface area contributed by atoms with Crippen molar-refractivity contribution in [1.29, 1.82) is 0 Å². The van der Waals surface area contributed by atoms with Crippen molar-refractivity contribution in [3.05, 3.63) is 34.9 Å². The highest BCUT2D eigenvalue weighted by Gasteiger charge is 2.23. The van der Waals surface area contributed by atoms with Gasteiger partial charge in [0.25, 0.3) is 0 Å². The monoisotopic (exact) mass is 304 g/mol. The zero-order valence-corrected chi connectivity index (χ0v) is 13.0. The Labute approximate surface area is 129 Å². The number of rotatable bonds is 5. The van der Waals surface area contributed by atoms with Crippen molar-refractivity contribution in [1.82, 2.24) is 20.2 Å². The van der Waals surface area contributed by atoms with Crippen LogP contribution in [-0.2, 0) is 11.3 Å². The number of pyridine rings is 1. The fraction of sp³-hybridized carbons (Fsp3) is 0.467. The van der Waals surface area contributed by atoms with E-state index in [1.165, 1.54) is 0 Å². The van der Waals surface area contributed by atoms with Crippen LogP contribution >= 0.6 is 11.3 Å². The van der Waals surface area contributed by atoms with Gasteiger partial charge in [0.05, 0.1) is 18.8 Å². The standard InChI is InChI=1S/C15H20N4OS/c1-20-10-13-8-17-5-6-19(13)9-15-18-14(11-21-15)12-3-2-4-16-7-12/h2-4,7,11,13,17H,5-6,8-10H2,1H3. The lowest BCUT2D eigenvalue weighted by Gasteiger charge is -2.35. The van der Waals surface area contributed by atoms with E-state index in [0.717, 1.165) is 49.1 Å². The molecular formula is C15H20N4OS. The van der Waals surface area contributed by atoms with Crippen LogP contribution in [0.1, 0.15) is 5.01 Å². The molecule has 2 aromatic heterocycles. The maximum atomic E-state index is 5.32. The predicted octanol–water partition coefficient (Wildman–Crippen LogP) is 1.63. The van der Waals surface area contributed by atoms with Gasteiger partial charge < -0.3 is 10.1 Å². The van der Waals surface area contributed by atoms with E-state index in [1.807, 2.05) is 18.3 Å². The zero-order valence-electron chi connectivity index (χ0n) is 12.2. The summed E-state index contributed by atoms with van der Waals surface area (Å²) < 4.78 is 5.32. The number of nitrogens with zero attached hydrogens (tertiary/aromatic N) is 3. The molecule has 1 saturated heterocycles. The first kappa shape index (κ1) is 14.6. The second kappa shape index (κ2) is 7.09. The molecule has 3 heterocycles. The summed E-state index contributed by atoms with van der Waals surface area (Å²) in [6, 6.07) is 4.42. The molecule has 0 spiro atoms. The van der Waals surface area contributed by atoms with Gasteiger partial charge in [0, 0.05) is 56.1 Å². The molecule has 1 atom stereocenters. The summed E-state index contributed by atoms with van der Waals surface area (Å²) in [5.74, 6) is 0. The number of piperazine rings is 1. The second-order valence-electron chi connectivity index (χ2n) is 5.15. The van der Waals surface area contributed by atoms with Gasteiger partial charge in [-0.3, -0.25) is 9.88 Å². The van der Waals surface area contributed by atoms with Crippen molar-refractivity contribution in [2.75, 3.05) is 33.4 Å². The Morgan fingerprint density at radius 1 is 1.52 bits per heavy atom. The Kier molecular flexibility index (Phi) is 4.92. The number of methoxy groups -OCH3 is 1. The highest BCUT2D eigenvalue weighted by atomic mass is 32.1. The van der Waals surface area contributed by atoms with E-state index in [1.54, 1.807) is 24.6 Å². The van der Waals surface area contributed by atoms with Gasteiger partial charge >= 0.3 is 0 Å². The normalized spacial score (nSPS) is 19.8. The molecule has 3 rings (SSSR count). The largest absolute Gasteiger partial charge is 0.383 e. The van der Waals surface area contributed by atoms with Crippen molar-refractivity contribution < 1.29 is 4.74 Å². The topological polar surface area (TPSA) is 50.3 Å². The van der Waals surface area contributed by atoms with Crippen LogP contribution in [0.5, 0.6) is 0 Å². The molecule has 2 aromatic rings. The van der Waals surface area contributed by atoms with E-state index in [0.29, 0.717) is 6.04 Å². The maximum absolute atomic E-state index is 5.32. The SMILES string of the molecule is COCC1CNCCN1Cc1nc(-c2cccnc2)cs1. The third kappa shape index (κ3) is 3.65. The van der Waals surface area contributed by atoms with E-state index in [-0.39, 0.29) is 0 Å². The number of hydrogen-bond acceptors (Lipinski definition) is 6. The Hall–Kier alpha value is -1.34. The van der Waals surface area contributed by atoms with Gasteiger partial charge in [0.15, 0.2) is 0 Å². The Bertz CT molecular complexity index is 558. The van der Waals surface area contributed by atoms with Crippen LogP contribution in [0.25, 0.3) is 11.3 Å². The van der Waals surface area contributed by atoms with Gasteiger partial charge in [-0.2, -0.15) is 0 Å². The molecule has 6 heteroatoms. The Morgan fingerprint density at radius 2 is 2.48 bits per heavy atom. The molecule has 21 heavy (non-hydrogen) atoms. The van der Waals surface area contributed by atoms with Crippen LogP contribution in [0.2, 0.25) is 0 Å². The van der Waals surface area contributed by atoms with E-state index in [2.05, 4.69) is 20.6 Å². The van der Waals surface area contributed by atoms with E-state index in [4.69, 9.17) is 9.72 Å². The number of thiazole rings is 1. The van der Waals surface area contributed by atoms with Crippen LogP contribution in [-0.4, -0.2) is 54.3 Å². The highest BCUT2D eigenvalue weighted by molar-refractivity contribution is 7.09. The number of ether oxygens (including phenoxy) is 1. The molecule has 0 radical (unpaired) electrons. The zero-order chi connectivity index (χ0) is 14.5. The molecule has 0 bridgehead atoms. The third-order valence-corrected chi connectivity index (χ3v) is 4.51. The molecule has 0 aromatic carbocycles. The Balaban J connectivity index is 1.69. The van der Waals surface area contributed by atoms with E-state index >= 15 is 0 Å². The highest BCUT2D eigenvalue weighted by Crippen LogP contribution is 2.22. The number of aromatic nitrogens is 2. The first-order chi connectivity index (χ1) is 10.4. The van der Waals surface area contributed by atoms with Gasteiger partial charge in [0.2, 0.25) is 0 Å². The fourth-order valence-electron chi connectivity index (χ4n) is 2.57. The summed E-state index contributed by atoms with van der Waals surface area (Å²) in [6.45, 7) is 4.69. The second-order valence-corrected chi connectivity index (χ2v) is 6.09. The van der Waals surface area contributed by atoms with Gasteiger partial charge in [-0.1, -0.05) is 0 Å². The molecule has 1 N–H and O–H groups in total. The average molecular weight is 304 g/mol. The lowest BCUT2D eigenvalue weighted by atomic mass is 10.2. The van der Waals surface area contributed by atoms with E-state index in [9.17, 15) is 0 Å². The molecule has 1 aliphatic rings. The summed E-state index contributed by atoms with van der Waals surface area (Å²) in [4.78, 5) is 11.3.